The van der Waals surface area contributed by atoms with Gasteiger partial charge in [-0.2, -0.15) is 0 Å². The van der Waals surface area contributed by atoms with Crippen LogP contribution in [-0.2, 0) is 28.6 Å². The number of rotatable bonds is 59. The second-order valence-corrected chi connectivity index (χ2v) is 25.0. The van der Waals surface area contributed by atoms with Crippen molar-refractivity contribution in [2.45, 2.75) is 368 Å². The molecule has 85 heavy (non-hydrogen) atoms. The molecular weight excluding hydrogens is 1070 g/mol. The maximum absolute atomic E-state index is 12.3. The Labute approximate surface area is 522 Å². The zero-order chi connectivity index (χ0) is 62.5. The fourth-order valence-electron chi connectivity index (χ4n) is 10.7. The average molecular weight is 1210 g/mol. The van der Waals surface area contributed by atoms with Crippen LogP contribution in [0.3, 0.4) is 0 Å². The molecule has 2 aliphatic rings. The van der Waals surface area contributed by atoms with Gasteiger partial charge in [-0.1, -0.05) is 207 Å². The van der Waals surface area contributed by atoms with Crippen LogP contribution in [-0.4, -0.2) is 120 Å². The molecule has 2 heterocycles. The number of carboxylic acids is 2. The molecule has 4 unspecified atom stereocenters. The summed E-state index contributed by atoms with van der Waals surface area (Å²) >= 11 is 0. The van der Waals surface area contributed by atoms with E-state index in [9.17, 15) is 24.0 Å². The number of alkyl carbamates (subject to hydrolysis) is 2. The minimum atomic E-state index is -0.689. The van der Waals surface area contributed by atoms with E-state index in [0.29, 0.717) is 51.0 Å². The zero-order valence-electron chi connectivity index (χ0n) is 56.2. The highest BCUT2D eigenvalue weighted by Crippen LogP contribution is 2.20. The molecule has 2 fully saturated rings. The topological polar surface area (TPSA) is 184 Å². The van der Waals surface area contributed by atoms with Gasteiger partial charge in [0.05, 0.1) is 6.61 Å². The molecule has 0 spiro atoms. The number of esters is 1. The summed E-state index contributed by atoms with van der Waals surface area (Å²) in [5, 5.41) is 23.1. The summed E-state index contributed by atoms with van der Waals surface area (Å²) in [5.41, 5.74) is 0. The third-order valence-electron chi connectivity index (χ3n) is 16.6. The van der Waals surface area contributed by atoms with E-state index in [1.807, 2.05) is 6.92 Å². The number of amides is 2. The molecule has 4 N–H and O–H groups in total. The van der Waals surface area contributed by atoms with Gasteiger partial charge in [0.2, 0.25) is 0 Å². The van der Waals surface area contributed by atoms with Gasteiger partial charge < -0.3 is 35.1 Å². The first kappa shape index (κ1) is 81.6. The van der Waals surface area contributed by atoms with Crippen LogP contribution < -0.4 is 10.6 Å². The molecule has 0 aromatic rings. The molecule has 2 saturated heterocycles. The van der Waals surface area contributed by atoms with E-state index < -0.39 is 11.9 Å². The number of hydrogen-bond donors (Lipinski definition) is 4. The summed E-state index contributed by atoms with van der Waals surface area (Å²) in [4.78, 5) is 61.6. The number of nitrogens with zero attached hydrogens (tertiary/aromatic N) is 2. The Balaban J connectivity index is 0.00000129. The van der Waals surface area contributed by atoms with E-state index in [4.69, 9.17) is 24.4 Å². The zero-order valence-corrected chi connectivity index (χ0v) is 56.2. The number of nitrogens with one attached hydrogen (secondary N) is 2. The van der Waals surface area contributed by atoms with E-state index in [2.05, 4.69) is 67.2 Å². The van der Waals surface area contributed by atoms with Crippen molar-refractivity contribution in [3.05, 3.63) is 12.2 Å². The van der Waals surface area contributed by atoms with Gasteiger partial charge in [-0.25, -0.2) is 9.59 Å². The number of aliphatic carboxylic acids is 2. The van der Waals surface area contributed by atoms with Crippen molar-refractivity contribution in [2.75, 3.05) is 45.9 Å². The summed E-state index contributed by atoms with van der Waals surface area (Å²) < 4.78 is 16.7. The molecule has 2 rings (SSSR count). The molecule has 2 amide bonds. The van der Waals surface area contributed by atoms with Crippen LogP contribution in [0.25, 0.3) is 0 Å². The van der Waals surface area contributed by atoms with Crippen LogP contribution in [0, 0.1) is 0 Å². The Morgan fingerprint density at radius 2 is 0.682 bits per heavy atom. The smallest absolute Gasteiger partial charge is 0.407 e. The molecule has 0 aromatic heterocycles. The van der Waals surface area contributed by atoms with Crippen LogP contribution in [0.2, 0.25) is 0 Å². The number of carbonyl (C=O) groups excluding carboxylic acids is 3. The number of unbranched alkanes of at least 4 members (excludes halogenated alkanes) is 31. The first-order chi connectivity index (χ1) is 41.4. The lowest BCUT2D eigenvalue weighted by Crippen LogP contribution is -2.32. The van der Waals surface area contributed by atoms with Crippen molar-refractivity contribution >= 4 is 30.1 Å². The third kappa shape index (κ3) is 62.0. The van der Waals surface area contributed by atoms with Gasteiger partial charge in [0.15, 0.2) is 0 Å². The molecule has 0 bridgehead atoms. The summed E-state index contributed by atoms with van der Waals surface area (Å²) in [5.74, 6) is -1.40. The molecule has 14 nitrogen and oxygen atoms in total. The van der Waals surface area contributed by atoms with Crippen molar-refractivity contribution < 1.29 is 48.4 Å². The fourth-order valence-corrected chi connectivity index (χ4v) is 10.7. The van der Waals surface area contributed by atoms with Crippen LogP contribution in [0.1, 0.15) is 343 Å². The number of allylic oxidation sites excluding steroid dienone is 2. The van der Waals surface area contributed by atoms with E-state index in [1.54, 1.807) is 0 Å². The standard InChI is InChI=1S/C28H54N2O4.C25H48N2O4.C18H34O2/c1-4-6-7-14-17-26(34-28(32)29-21-20-25(3)30-22-23-30)18-15-12-10-8-9-11-13-16-19-27(31)33-24-5-2;1-3-4-5-12-15-23(31-25(30)26-19-18-22(2)27-20-21-27)16-13-10-8-6-7-9-11-14-17-24(28)29;1-2-3-4-5-6-7-8-9-10-11-12-13-14-15-16-17-18(19)20/h25-26H,4-24H2,1-3H3,(H,29,32);22-23H,3-21H2,1-2H3,(H,26,30)(H,28,29);7-8H,2-6,9-17H2,1H3,(H,19,20)/b;;8-7+. The minimum absolute atomic E-state index is 0.0393. The van der Waals surface area contributed by atoms with Gasteiger partial charge in [0.25, 0.3) is 0 Å². The van der Waals surface area contributed by atoms with Crippen molar-refractivity contribution in [1.29, 1.82) is 0 Å². The van der Waals surface area contributed by atoms with Gasteiger partial charge in [-0.3, -0.25) is 24.2 Å². The maximum atomic E-state index is 12.3. The largest absolute Gasteiger partial charge is 0.481 e. The first-order valence-electron chi connectivity index (χ1n) is 36.0. The second-order valence-electron chi connectivity index (χ2n) is 25.0. The Morgan fingerprint density at radius 1 is 0.388 bits per heavy atom. The Morgan fingerprint density at radius 3 is 1.00 bits per heavy atom. The van der Waals surface area contributed by atoms with Gasteiger partial charge in [0.1, 0.15) is 12.2 Å². The lowest BCUT2D eigenvalue weighted by molar-refractivity contribution is -0.144. The van der Waals surface area contributed by atoms with Crippen LogP contribution >= 0.6 is 0 Å². The van der Waals surface area contributed by atoms with Crippen molar-refractivity contribution in [3.63, 3.8) is 0 Å². The molecule has 4 atom stereocenters. The van der Waals surface area contributed by atoms with Gasteiger partial charge >= 0.3 is 30.1 Å². The monoisotopic (exact) mass is 1210 g/mol. The number of carboxylic acid groups (broad SMARTS) is 2. The SMILES string of the molecule is CCCCCC/C=C/CCCCCCCCCC(=O)O.CCCCCCC(CCCCCCCCCCC(=O)O)OC(=O)NCCC(C)N1CC1.CCCCCCC(CCCCCCCCCCC(=O)OCCC)OC(=O)NCCC(C)N1CC1. The Bertz CT molecular complexity index is 1560. The van der Waals surface area contributed by atoms with E-state index in [0.717, 1.165) is 116 Å². The lowest BCUT2D eigenvalue weighted by Gasteiger charge is -2.19. The van der Waals surface area contributed by atoms with Gasteiger partial charge in [-0.05, 0) is 129 Å². The van der Waals surface area contributed by atoms with E-state index in [1.165, 1.54) is 193 Å². The van der Waals surface area contributed by atoms with Gasteiger partial charge in [0, 0.05) is 70.6 Å². The average Bonchev–Trinajstić information content (AvgIpc) is 4.64. The van der Waals surface area contributed by atoms with E-state index >= 15 is 0 Å². The molecule has 14 heteroatoms. The third-order valence-corrected chi connectivity index (χ3v) is 16.6. The molecule has 500 valence electrons. The molecule has 0 aromatic carbocycles. The summed E-state index contributed by atoms with van der Waals surface area (Å²) in [7, 11) is 0. The first-order valence-corrected chi connectivity index (χ1v) is 36.0. The highest BCUT2D eigenvalue weighted by atomic mass is 16.6. The molecule has 0 radical (unpaired) electrons. The number of ether oxygens (including phenoxy) is 3. The number of carbonyl (C=O) groups is 5. The molecule has 0 saturated carbocycles. The Kier molecular flexibility index (Phi) is 59.7. The van der Waals surface area contributed by atoms with Crippen molar-refractivity contribution in [2.24, 2.45) is 0 Å². The van der Waals surface area contributed by atoms with E-state index in [-0.39, 0.29) is 30.4 Å². The van der Waals surface area contributed by atoms with Crippen LogP contribution in [0.4, 0.5) is 9.59 Å². The predicted octanol–water partition coefficient (Wildman–Crippen LogP) is 19.2. The maximum Gasteiger partial charge on any atom is 0.407 e. The predicted molar refractivity (Wildman–Crippen MR) is 354 cm³/mol. The lowest BCUT2D eigenvalue weighted by atomic mass is 10.0. The summed E-state index contributed by atoms with van der Waals surface area (Å²) in [6, 6.07) is 1.09. The van der Waals surface area contributed by atoms with Crippen molar-refractivity contribution in [1.82, 2.24) is 20.4 Å². The summed E-state index contributed by atoms with van der Waals surface area (Å²) in [6.07, 6.45) is 56.3. The molecular formula is C71H136N4O10. The van der Waals surface area contributed by atoms with Crippen LogP contribution in [0.5, 0.6) is 0 Å². The van der Waals surface area contributed by atoms with Crippen molar-refractivity contribution in [3.8, 4) is 0 Å². The molecule has 2 aliphatic heterocycles. The van der Waals surface area contributed by atoms with Gasteiger partial charge in [-0.15, -0.1) is 0 Å². The minimum Gasteiger partial charge on any atom is -0.481 e. The Hall–Kier alpha value is -3.39. The fraction of sp³-hybridized carbons (Fsp3) is 0.901. The second kappa shape index (κ2) is 62.2. The molecule has 0 aliphatic carbocycles. The quantitative estimate of drug-likeness (QED) is 0.0149. The highest BCUT2D eigenvalue weighted by molar-refractivity contribution is 5.69. The van der Waals surface area contributed by atoms with Crippen LogP contribution in [0.15, 0.2) is 12.2 Å². The summed E-state index contributed by atoms with van der Waals surface area (Å²) in [6.45, 7) is 19.8. The number of hydrogen-bond acceptors (Lipinski definition) is 10. The highest BCUT2D eigenvalue weighted by Gasteiger charge is 2.25. The normalized spacial score (nSPS) is 14.3.